The highest BCUT2D eigenvalue weighted by Crippen LogP contribution is 2.25. The molecule has 84 valence electrons. The van der Waals surface area contributed by atoms with E-state index in [2.05, 4.69) is 45.0 Å². The van der Waals surface area contributed by atoms with E-state index >= 15 is 0 Å². The minimum atomic E-state index is 0.775. The summed E-state index contributed by atoms with van der Waals surface area (Å²) in [6, 6.07) is 9.07. The number of rotatable bonds is 6. The van der Waals surface area contributed by atoms with E-state index in [-0.39, 0.29) is 0 Å². The maximum Gasteiger partial charge on any atom is -0.0165 e. The molecular weight excluding hydrogens is 180 g/mol. The van der Waals surface area contributed by atoms with Gasteiger partial charge < -0.3 is 0 Å². The predicted molar refractivity (Wildman–Crippen MR) is 68.4 cm³/mol. The Morgan fingerprint density at radius 3 is 2.20 bits per heavy atom. The SMILES string of the molecule is CCCCCC(CC)c1ccc(C)cc1. The highest BCUT2D eigenvalue weighted by molar-refractivity contribution is 5.24. The van der Waals surface area contributed by atoms with Crippen LogP contribution in [0.2, 0.25) is 0 Å². The summed E-state index contributed by atoms with van der Waals surface area (Å²) in [5.41, 5.74) is 2.89. The lowest BCUT2D eigenvalue weighted by Crippen LogP contribution is -1.97. The second kappa shape index (κ2) is 6.66. The third-order valence-electron chi connectivity index (χ3n) is 3.20. The zero-order chi connectivity index (χ0) is 11.1. The van der Waals surface area contributed by atoms with Crippen LogP contribution in [0.4, 0.5) is 0 Å². The van der Waals surface area contributed by atoms with Gasteiger partial charge in [0.2, 0.25) is 0 Å². The molecule has 1 unspecified atom stereocenters. The number of aryl methyl sites for hydroxylation is 1. The molecule has 0 heterocycles. The molecule has 0 aliphatic carbocycles. The first-order valence-corrected chi connectivity index (χ1v) is 6.34. The highest BCUT2D eigenvalue weighted by atomic mass is 14.1. The molecule has 1 aromatic carbocycles. The van der Waals surface area contributed by atoms with Gasteiger partial charge in [0.25, 0.3) is 0 Å². The van der Waals surface area contributed by atoms with Crippen molar-refractivity contribution in [3.63, 3.8) is 0 Å². The first-order valence-electron chi connectivity index (χ1n) is 6.34. The summed E-state index contributed by atoms with van der Waals surface area (Å²) in [5.74, 6) is 0.775. The molecule has 0 aromatic heterocycles. The maximum absolute atomic E-state index is 2.30. The Bertz CT molecular complexity index is 258. The van der Waals surface area contributed by atoms with Crippen molar-refractivity contribution in [2.75, 3.05) is 0 Å². The highest BCUT2D eigenvalue weighted by Gasteiger charge is 2.07. The number of hydrogen-bond acceptors (Lipinski definition) is 0. The van der Waals surface area contributed by atoms with E-state index in [0.29, 0.717) is 0 Å². The molecule has 0 saturated carbocycles. The van der Waals surface area contributed by atoms with Crippen LogP contribution in [0.15, 0.2) is 24.3 Å². The van der Waals surface area contributed by atoms with Crippen LogP contribution in [0.3, 0.4) is 0 Å². The summed E-state index contributed by atoms with van der Waals surface area (Å²) in [6.07, 6.45) is 6.70. The minimum absolute atomic E-state index is 0.775. The van der Waals surface area contributed by atoms with E-state index in [0.717, 1.165) is 5.92 Å². The van der Waals surface area contributed by atoms with Crippen molar-refractivity contribution in [3.05, 3.63) is 35.4 Å². The molecule has 0 amide bonds. The van der Waals surface area contributed by atoms with E-state index in [4.69, 9.17) is 0 Å². The van der Waals surface area contributed by atoms with Crippen molar-refractivity contribution in [3.8, 4) is 0 Å². The van der Waals surface area contributed by atoms with E-state index < -0.39 is 0 Å². The van der Waals surface area contributed by atoms with Crippen molar-refractivity contribution in [2.45, 2.75) is 58.8 Å². The lowest BCUT2D eigenvalue weighted by molar-refractivity contribution is 0.553. The van der Waals surface area contributed by atoms with Gasteiger partial charge in [-0.25, -0.2) is 0 Å². The van der Waals surface area contributed by atoms with E-state index in [1.54, 1.807) is 0 Å². The van der Waals surface area contributed by atoms with Crippen LogP contribution >= 0.6 is 0 Å². The molecule has 15 heavy (non-hydrogen) atoms. The Hall–Kier alpha value is -0.780. The fourth-order valence-corrected chi connectivity index (χ4v) is 2.09. The van der Waals surface area contributed by atoms with Crippen molar-refractivity contribution >= 4 is 0 Å². The van der Waals surface area contributed by atoms with Gasteiger partial charge >= 0.3 is 0 Å². The van der Waals surface area contributed by atoms with E-state index in [1.165, 1.54) is 43.2 Å². The second-order valence-electron chi connectivity index (χ2n) is 4.51. The monoisotopic (exact) mass is 204 g/mol. The third kappa shape index (κ3) is 4.07. The Balaban J connectivity index is 2.53. The molecule has 1 aromatic rings. The van der Waals surface area contributed by atoms with Gasteiger partial charge in [0.15, 0.2) is 0 Å². The van der Waals surface area contributed by atoms with E-state index in [9.17, 15) is 0 Å². The molecule has 0 nitrogen and oxygen atoms in total. The van der Waals surface area contributed by atoms with Gasteiger partial charge in [-0.2, -0.15) is 0 Å². The lowest BCUT2D eigenvalue weighted by Gasteiger charge is -2.15. The van der Waals surface area contributed by atoms with Gasteiger partial charge in [0.1, 0.15) is 0 Å². The van der Waals surface area contributed by atoms with Crippen molar-refractivity contribution in [1.82, 2.24) is 0 Å². The summed E-state index contributed by atoms with van der Waals surface area (Å²) in [7, 11) is 0. The van der Waals surface area contributed by atoms with Gasteiger partial charge in [-0.1, -0.05) is 62.9 Å². The number of benzene rings is 1. The first-order chi connectivity index (χ1) is 7.27. The van der Waals surface area contributed by atoms with Crippen LogP contribution in [-0.4, -0.2) is 0 Å². The number of hydrogen-bond donors (Lipinski definition) is 0. The number of unbranched alkanes of at least 4 members (excludes halogenated alkanes) is 2. The minimum Gasteiger partial charge on any atom is -0.0654 e. The topological polar surface area (TPSA) is 0 Å². The molecule has 0 aliphatic heterocycles. The fourth-order valence-electron chi connectivity index (χ4n) is 2.09. The predicted octanol–water partition coefficient (Wildman–Crippen LogP) is 5.07. The first kappa shape index (κ1) is 12.3. The Labute approximate surface area is 94.7 Å². The molecule has 0 bridgehead atoms. The third-order valence-corrected chi connectivity index (χ3v) is 3.20. The molecule has 0 aliphatic rings. The zero-order valence-electron chi connectivity index (χ0n) is 10.4. The Morgan fingerprint density at radius 1 is 1.00 bits per heavy atom. The molecule has 1 atom stereocenters. The standard InChI is InChI=1S/C15H24/c1-4-6-7-8-14(5-2)15-11-9-13(3)10-12-15/h9-12,14H,4-8H2,1-3H3. The molecule has 0 fully saturated rings. The van der Waals surface area contributed by atoms with Gasteiger partial charge in [0.05, 0.1) is 0 Å². The summed E-state index contributed by atoms with van der Waals surface area (Å²) >= 11 is 0. The van der Waals surface area contributed by atoms with Gasteiger partial charge in [0, 0.05) is 0 Å². The van der Waals surface area contributed by atoms with Crippen molar-refractivity contribution < 1.29 is 0 Å². The lowest BCUT2D eigenvalue weighted by atomic mass is 9.90. The average molecular weight is 204 g/mol. The van der Waals surface area contributed by atoms with Crippen LogP contribution in [0, 0.1) is 6.92 Å². The van der Waals surface area contributed by atoms with Crippen LogP contribution < -0.4 is 0 Å². The molecule has 0 saturated heterocycles. The van der Waals surface area contributed by atoms with Crippen LogP contribution in [0.1, 0.15) is 63.0 Å². The van der Waals surface area contributed by atoms with Crippen molar-refractivity contribution in [2.24, 2.45) is 0 Å². The molecule has 0 spiro atoms. The second-order valence-corrected chi connectivity index (χ2v) is 4.51. The Morgan fingerprint density at radius 2 is 1.67 bits per heavy atom. The van der Waals surface area contributed by atoms with Crippen LogP contribution in [-0.2, 0) is 0 Å². The Kier molecular flexibility index (Phi) is 5.45. The average Bonchev–Trinajstić information content (AvgIpc) is 2.26. The molecule has 0 radical (unpaired) electrons. The van der Waals surface area contributed by atoms with Gasteiger partial charge in [-0.05, 0) is 31.2 Å². The van der Waals surface area contributed by atoms with E-state index in [1.807, 2.05) is 0 Å². The molecule has 0 heteroatoms. The summed E-state index contributed by atoms with van der Waals surface area (Å²) in [4.78, 5) is 0. The van der Waals surface area contributed by atoms with Gasteiger partial charge in [-0.3, -0.25) is 0 Å². The molecule has 1 rings (SSSR count). The smallest absolute Gasteiger partial charge is 0.0165 e. The molecular formula is C15H24. The van der Waals surface area contributed by atoms with Crippen LogP contribution in [0.5, 0.6) is 0 Å². The largest absolute Gasteiger partial charge is 0.0654 e. The summed E-state index contributed by atoms with van der Waals surface area (Å²) < 4.78 is 0. The quantitative estimate of drug-likeness (QED) is 0.568. The zero-order valence-corrected chi connectivity index (χ0v) is 10.4. The van der Waals surface area contributed by atoms with Crippen molar-refractivity contribution in [1.29, 1.82) is 0 Å². The summed E-state index contributed by atoms with van der Waals surface area (Å²) in [6.45, 7) is 6.73. The fraction of sp³-hybridized carbons (Fsp3) is 0.600. The molecule has 0 N–H and O–H groups in total. The normalized spacial score (nSPS) is 12.7. The van der Waals surface area contributed by atoms with Crippen LogP contribution in [0.25, 0.3) is 0 Å². The van der Waals surface area contributed by atoms with Gasteiger partial charge in [-0.15, -0.1) is 0 Å². The maximum atomic E-state index is 2.30. The summed E-state index contributed by atoms with van der Waals surface area (Å²) in [5, 5.41) is 0.